The van der Waals surface area contributed by atoms with Gasteiger partial charge >= 0.3 is 0 Å². The van der Waals surface area contributed by atoms with Gasteiger partial charge in [0.15, 0.2) is 0 Å². The van der Waals surface area contributed by atoms with Crippen LogP contribution >= 0.6 is 0 Å². The Balaban J connectivity index is 2.04. The van der Waals surface area contributed by atoms with Crippen LogP contribution in [0.4, 0.5) is 0 Å². The van der Waals surface area contributed by atoms with E-state index in [1.165, 1.54) is 5.69 Å². The van der Waals surface area contributed by atoms with Gasteiger partial charge in [-0.15, -0.1) is 0 Å². The average molecular weight is 207 g/mol. The summed E-state index contributed by atoms with van der Waals surface area (Å²) in [6.45, 7) is 10.2. The molecule has 1 aromatic heterocycles. The molecule has 0 saturated carbocycles. The molecular formula is C12H21N3. The summed E-state index contributed by atoms with van der Waals surface area (Å²) in [6.07, 6.45) is 4.01. The Labute approximate surface area is 91.9 Å². The first kappa shape index (κ1) is 10.7. The largest absolute Gasteiger partial charge is 0.334 e. The summed E-state index contributed by atoms with van der Waals surface area (Å²) in [6, 6.07) is 0. The Morgan fingerprint density at radius 3 is 2.73 bits per heavy atom. The SMILES string of the molecule is CC(C)C(C)Cn1cncc1C1CNC1. The van der Waals surface area contributed by atoms with Gasteiger partial charge in [0.05, 0.1) is 6.33 Å². The number of nitrogens with zero attached hydrogens (tertiary/aromatic N) is 2. The molecule has 1 N–H and O–H groups in total. The molecule has 3 heteroatoms. The number of imidazole rings is 1. The Bertz CT molecular complexity index is 312. The molecule has 2 heterocycles. The Hall–Kier alpha value is -0.830. The van der Waals surface area contributed by atoms with E-state index in [1.54, 1.807) is 0 Å². The highest BCUT2D eigenvalue weighted by atomic mass is 15.1. The van der Waals surface area contributed by atoms with Crippen LogP contribution in [0.5, 0.6) is 0 Å². The van der Waals surface area contributed by atoms with Crippen molar-refractivity contribution in [2.45, 2.75) is 33.2 Å². The van der Waals surface area contributed by atoms with E-state index in [-0.39, 0.29) is 0 Å². The molecule has 1 aliphatic rings. The van der Waals surface area contributed by atoms with Crippen LogP contribution in [-0.2, 0) is 6.54 Å². The van der Waals surface area contributed by atoms with E-state index in [9.17, 15) is 0 Å². The third kappa shape index (κ3) is 2.23. The van der Waals surface area contributed by atoms with Gasteiger partial charge in [-0.25, -0.2) is 4.98 Å². The molecule has 15 heavy (non-hydrogen) atoms. The first-order valence-electron chi connectivity index (χ1n) is 5.89. The molecule has 0 bridgehead atoms. The van der Waals surface area contributed by atoms with Crippen molar-refractivity contribution in [3.05, 3.63) is 18.2 Å². The lowest BCUT2D eigenvalue weighted by atomic mass is 9.96. The van der Waals surface area contributed by atoms with Crippen LogP contribution < -0.4 is 5.32 Å². The van der Waals surface area contributed by atoms with Crippen molar-refractivity contribution < 1.29 is 0 Å². The fourth-order valence-corrected chi connectivity index (χ4v) is 1.84. The van der Waals surface area contributed by atoms with E-state index in [4.69, 9.17) is 0 Å². The zero-order chi connectivity index (χ0) is 10.8. The van der Waals surface area contributed by atoms with Gasteiger partial charge in [-0.2, -0.15) is 0 Å². The molecule has 0 spiro atoms. The first-order valence-corrected chi connectivity index (χ1v) is 5.89. The van der Waals surface area contributed by atoms with Crippen molar-refractivity contribution in [3.8, 4) is 0 Å². The van der Waals surface area contributed by atoms with Gasteiger partial charge in [0.2, 0.25) is 0 Å². The molecule has 1 unspecified atom stereocenters. The maximum Gasteiger partial charge on any atom is 0.0948 e. The van der Waals surface area contributed by atoms with Crippen LogP contribution in [0.25, 0.3) is 0 Å². The molecule has 0 aliphatic carbocycles. The standard InChI is InChI=1S/C12H21N3/c1-9(2)10(3)7-15-8-14-6-12(15)11-4-13-5-11/h6,8-11,13H,4-5,7H2,1-3H3. The first-order chi connectivity index (χ1) is 7.18. The minimum absolute atomic E-state index is 0.687. The zero-order valence-corrected chi connectivity index (χ0v) is 9.90. The molecule has 1 atom stereocenters. The van der Waals surface area contributed by atoms with E-state index >= 15 is 0 Å². The molecule has 1 aromatic rings. The summed E-state index contributed by atoms with van der Waals surface area (Å²) >= 11 is 0. The van der Waals surface area contributed by atoms with Crippen molar-refractivity contribution in [1.29, 1.82) is 0 Å². The van der Waals surface area contributed by atoms with Gasteiger partial charge in [0.25, 0.3) is 0 Å². The van der Waals surface area contributed by atoms with Crippen LogP contribution in [0.15, 0.2) is 12.5 Å². The van der Waals surface area contributed by atoms with Crippen molar-refractivity contribution in [1.82, 2.24) is 14.9 Å². The van der Waals surface area contributed by atoms with Crippen LogP contribution in [0.3, 0.4) is 0 Å². The Kier molecular flexibility index (Phi) is 3.10. The minimum Gasteiger partial charge on any atom is -0.334 e. The summed E-state index contributed by atoms with van der Waals surface area (Å²) in [5.41, 5.74) is 1.40. The predicted molar refractivity (Wildman–Crippen MR) is 61.8 cm³/mol. The predicted octanol–water partition coefficient (Wildman–Crippen LogP) is 1.86. The van der Waals surface area contributed by atoms with Crippen molar-refractivity contribution in [3.63, 3.8) is 0 Å². The number of hydrogen-bond acceptors (Lipinski definition) is 2. The molecule has 0 aromatic carbocycles. The quantitative estimate of drug-likeness (QED) is 0.816. The highest BCUT2D eigenvalue weighted by molar-refractivity contribution is 5.11. The molecule has 1 aliphatic heterocycles. The Morgan fingerprint density at radius 2 is 2.20 bits per heavy atom. The van der Waals surface area contributed by atoms with E-state index in [1.807, 2.05) is 12.5 Å². The monoisotopic (exact) mass is 207 g/mol. The third-order valence-electron chi connectivity index (χ3n) is 3.57. The zero-order valence-electron chi connectivity index (χ0n) is 9.90. The van der Waals surface area contributed by atoms with Crippen LogP contribution in [0, 0.1) is 11.8 Å². The van der Waals surface area contributed by atoms with Gasteiger partial charge in [-0.1, -0.05) is 20.8 Å². The molecule has 84 valence electrons. The van der Waals surface area contributed by atoms with Crippen molar-refractivity contribution in [2.24, 2.45) is 11.8 Å². The van der Waals surface area contributed by atoms with Gasteiger partial charge in [-0.3, -0.25) is 0 Å². The minimum atomic E-state index is 0.687. The van der Waals surface area contributed by atoms with Crippen molar-refractivity contribution >= 4 is 0 Å². The lowest BCUT2D eigenvalue weighted by Crippen LogP contribution is -2.41. The molecular weight excluding hydrogens is 186 g/mol. The van der Waals surface area contributed by atoms with Crippen LogP contribution in [0.1, 0.15) is 32.4 Å². The summed E-state index contributed by atoms with van der Waals surface area (Å²) in [5, 5.41) is 3.31. The molecule has 0 radical (unpaired) electrons. The van der Waals surface area contributed by atoms with Crippen LogP contribution in [-0.4, -0.2) is 22.6 Å². The maximum absolute atomic E-state index is 4.27. The number of rotatable bonds is 4. The number of nitrogens with one attached hydrogen (secondary N) is 1. The second-order valence-corrected chi connectivity index (χ2v) is 5.05. The molecule has 0 amide bonds. The second-order valence-electron chi connectivity index (χ2n) is 5.05. The molecule has 1 saturated heterocycles. The number of aromatic nitrogens is 2. The van der Waals surface area contributed by atoms with E-state index in [2.05, 4.69) is 35.6 Å². The number of hydrogen-bond donors (Lipinski definition) is 1. The lowest BCUT2D eigenvalue weighted by Gasteiger charge is -2.29. The van der Waals surface area contributed by atoms with Crippen LogP contribution in [0.2, 0.25) is 0 Å². The van der Waals surface area contributed by atoms with E-state index in [0.717, 1.165) is 25.6 Å². The fraction of sp³-hybridized carbons (Fsp3) is 0.750. The lowest BCUT2D eigenvalue weighted by molar-refractivity contribution is 0.346. The maximum atomic E-state index is 4.27. The fourth-order valence-electron chi connectivity index (χ4n) is 1.84. The molecule has 3 nitrogen and oxygen atoms in total. The van der Waals surface area contributed by atoms with E-state index in [0.29, 0.717) is 11.8 Å². The van der Waals surface area contributed by atoms with Gasteiger partial charge in [0.1, 0.15) is 0 Å². The topological polar surface area (TPSA) is 29.9 Å². The van der Waals surface area contributed by atoms with E-state index < -0.39 is 0 Å². The Morgan fingerprint density at radius 1 is 1.47 bits per heavy atom. The summed E-state index contributed by atoms with van der Waals surface area (Å²) in [5.74, 6) is 2.14. The summed E-state index contributed by atoms with van der Waals surface area (Å²) < 4.78 is 2.33. The van der Waals surface area contributed by atoms with Gasteiger partial charge in [0, 0.05) is 37.4 Å². The van der Waals surface area contributed by atoms with Gasteiger partial charge < -0.3 is 9.88 Å². The van der Waals surface area contributed by atoms with Crippen molar-refractivity contribution in [2.75, 3.05) is 13.1 Å². The highest BCUT2D eigenvalue weighted by Gasteiger charge is 2.22. The average Bonchev–Trinajstić information content (AvgIpc) is 2.50. The normalized spacial score (nSPS) is 19.2. The second kappa shape index (κ2) is 4.35. The highest BCUT2D eigenvalue weighted by Crippen LogP contribution is 2.21. The molecule has 1 fully saturated rings. The summed E-state index contributed by atoms with van der Waals surface area (Å²) in [4.78, 5) is 4.27. The summed E-state index contributed by atoms with van der Waals surface area (Å²) in [7, 11) is 0. The smallest absolute Gasteiger partial charge is 0.0948 e. The third-order valence-corrected chi connectivity index (χ3v) is 3.57. The molecule has 2 rings (SSSR count). The van der Waals surface area contributed by atoms with Gasteiger partial charge in [-0.05, 0) is 11.8 Å².